The van der Waals surface area contributed by atoms with E-state index in [1.807, 2.05) is 51.1 Å². The van der Waals surface area contributed by atoms with Gasteiger partial charge in [0.25, 0.3) is 0 Å². The molecule has 1 heterocycles. The fraction of sp³-hybridized carbons (Fsp3) is 0.719. The first-order valence-corrected chi connectivity index (χ1v) is 15.6. The van der Waals surface area contributed by atoms with E-state index in [0.717, 1.165) is 50.5 Å². The summed E-state index contributed by atoms with van der Waals surface area (Å²) in [6.07, 6.45) is 4.68. The Morgan fingerprint density at radius 1 is 1.05 bits per heavy atom. The minimum absolute atomic E-state index is 0.0335. The molecule has 0 bridgehead atoms. The Morgan fingerprint density at radius 2 is 1.72 bits per heavy atom. The van der Waals surface area contributed by atoms with Crippen molar-refractivity contribution in [3.63, 3.8) is 0 Å². The summed E-state index contributed by atoms with van der Waals surface area (Å²) in [5, 5.41) is 17.2. The number of aliphatic hydroxyl groups excluding tert-OH is 1. The average Bonchev–Trinajstić information content (AvgIpc) is 3.00. The predicted molar refractivity (Wildman–Crippen MR) is 164 cm³/mol. The zero-order chi connectivity index (χ0) is 31.4. The monoisotopic (exact) mass is 604 g/mol. The van der Waals surface area contributed by atoms with Gasteiger partial charge in [0.2, 0.25) is 0 Å². The number of aliphatic hydroxyl groups is 1. The van der Waals surface area contributed by atoms with Gasteiger partial charge in [0.05, 0.1) is 32.0 Å². The van der Waals surface area contributed by atoms with Crippen molar-refractivity contribution in [1.29, 1.82) is 0 Å². The number of hydrogen-bond acceptors (Lipinski definition) is 7. The quantitative estimate of drug-likeness (QED) is 0.312. The Bertz CT molecular complexity index is 1010. The lowest BCUT2D eigenvalue weighted by Crippen LogP contribution is -2.57. The van der Waals surface area contributed by atoms with Gasteiger partial charge < -0.3 is 39.8 Å². The molecule has 1 aliphatic heterocycles. The normalized spacial score (nSPS) is 20.0. The number of nitrogens with one attached hydrogen (secondary N) is 2. The number of nitrogens with zero attached hydrogens (tertiary/aromatic N) is 2. The Balaban J connectivity index is 1.70. The first-order valence-electron chi connectivity index (χ1n) is 15.6. The SMILES string of the molecule is COC(=O)NCCO[C@@H](c1ccccc1)C1CCCN(C(=O)NC(CN(C)C(=O)OC(C)(C)C)[C@H](O)C2CCCCC2)C1. The molecule has 4 amide bonds. The summed E-state index contributed by atoms with van der Waals surface area (Å²) < 4.78 is 16.4. The molecule has 0 spiro atoms. The van der Waals surface area contributed by atoms with E-state index in [4.69, 9.17) is 9.47 Å². The van der Waals surface area contributed by atoms with Crippen molar-refractivity contribution in [2.75, 3.05) is 46.9 Å². The van der Waals surface area contributed by atoms with E-state index in [9.17, 15) is 19.5 Å². The number of amides is 4. The van der Waals surface area contributed by atoms with Crippen LogP contribution in [0, 0.1) is 11.8 Å². The van der Waals surface area contributed by atoms with Gasteiger partial charge in [-0.3, -0.25) is 0 Å². The number of urea groups is 1. The summed E-state index contributed by atoms with van der Waals surface area (Å²) >= 11 is 0. The molecule has 2 aliphatic rings. The van der Waals surface area contributed by atoms with Gasteiger partial charge >= 0.3 is 18.2 Å². The molecule has 0 radical (unpaired) electrons. The molecule has 2 fully saturated rings. The van der Waals surface area contributed by atoms with Crippen LogP contribution in [0.15, 0.2) is 30.3 Å². The van der Waals surface area contributed by atoms with Crippen LogP contribution in [0.4, 0.5) is 14.4 Å². The van der Waals surface area contributed by atoms with Crippen molar-refractivity contribution in [3.8, 4) is 0 Å². The van der Waals surface area contributed by atoms with Crippen LogP contribution in [0.25, 0.3) is 0 Å². The molecule has 3 N–H and O–H groups in total. The standard InChI is InChI=1S/C32H52N4O7/c1-32(2,3)43-31(40)35(4)22-26(27(37)23-13-8-6-9-14-23)34-29(38)36-19-12-17-25(21-36)28(24-15-10-7-11-16-24)42-20-18-33-30(39)41-5/h7,10-11,15-16,23,25-28,37H,6,8-9,12-14,17-22H2,1-5H3,(H,33,39)(H,34,38)/t25?,26?,27-,28+/m1/s1. The van der Waals surface area contributed by atoms with Crippen LogP contribution in [0.3, 0.4) is 0 Å². The lowest BCUT2D eigenvalue weighted by Gasteiger charge is -2.39. The highest BCUT2D eigenvalue weighted by molar-refractivity contribution is 5.75. The highest BCUT2D eigenvalue weighted by atomic mass is 16.6. The summed E-state index contributed by atoms with van der Waals surface area (Å²) in [6.45, 7) is 7.23. The second-order valence-corrected chi connectivity index (χ2v) is 12.8. The Morgan fingerprint density at radius 3 is 2.37 bits per heavy atom. The molecule has 11 heteroatoms. The maximum atomic E-state index is 13.7. The van der Waals surface area contributed by atoms with Crippen LogP contribution in [0.5, 0.6) is 0 Å². The summed E-state index contributed by atoms with van der Waals surface area (Å²) in [5.41, 5.74) is 0.360. The van der Waals surface area contributed by atoms with Crippen molar-refractivity contribution >= 4 is 18.2 Å². The number of hydrogen-bond donors (Lipinski definition) is 3. The second-order valence-electron chi connectivity index (χ2n) is 12.8. The van der Waals surface area contributed by atoms with Crippen molar-refractivity contribution in [2.45, 2.75) is 89.6 Å². The Hall–Kier alpha value is -3.05. The number of methoxy groups -OCH3 is 1. The van der Waals surface area contributed by atoms with Crippen LogP contribution in [0.1, 0.15) is 77.4 Å². The van der Waals surface area contributed by atoms with Gasteiger partial charge in [-0.25, -0.2) is 14.4 Å². The van der Waals surface area contributed by atoms with Crippen molar-refractivity contribution < 1.29 is 33.7 Å². The molecule has 1 aromatic rings. The van der Waals surface area contributed by atoms with E-state index in [1.54, 1.807) is 11.9 Å². The van der Waals surface area contributed by atoms with E-state index < -0.39 is 29.9 Å². The summed E-state index contributed by atoms with van der Waals surface area (Å²) in [7, 11) is 2.95. The Labute approximate surface area is 256 Å². The van der Waals surface area contributed by atoms with Gasteiger partial charge in [-0.1, -0.05) is 49.6 Å². The second kappa shape index (κ2) is 16.7. The van der Waals surface area contributed by atoms with E-state index in [0.29, 0.717) is 26.2 Å². The highest BCUT2D eigenvalue weighted by Gasteiger charge is 2.36. The fourth-order valence-electron chi connectivity index (χ4n) is 6.00. The minimum atomic E-state index is -0.780. The zero-order valence-corrected chi connectivity index (χ0v) is 26.5. The van der Waals surface area contributed by atoms with Crippen molar-refractivity contribution in [3.05, 3.63) is 35.9 Å². The number of carbonyl (C=O) groups is 3. The molecule has 242 valence electrons. The number of benzene rings is 1. The smallest absolute Gasteiger partial charge is 0.410 e. The molecule has 4 atom stereocenters. The van der Waals surface area contributed by atoms with Crippen LogP contribution in [-0.2, 0) is 14.2 Å². The number of likely N-dealkylation sites (tertiary alicyclic amines) is 1. The fourth-order valence-corrected chi connectivity index (χ4v) is 6.00. The van der Waals surface area contributed by atoms with Crippen LogP contribution >= 0.6 is 0 Å². The number of rotatable bonds is 11. The molecule has 1 saturated carbocycles. The van der Waals surface area contributed by atoms with Gasteiger partial charge in [-0.05, 0) is 57.9 Å². The number of carbonyl (C=O) groups excluding carboxylic acids is 3. The van der Waals surface area contributed by atoms with E-state index in [1.165, 1.54) is 12.0 Å². The minimum Gasteiger partial charge on any atom is -0.453 e. The van der Waals surface area contributed by atoms with Gasteiger partial charge in [0.1, 0.15) is 5.60 Å². The van der Waals surface area contributed by atoms with Crippen LogP contribution < -0.4 is 10.6 Å². The molecule has 0 aromatic heterocycles. The molecule has 43 heavy (non-hydrogen) atoms. The van der Waals surface area contributed by atoms with Crippen LogP contribution in [-0.4, -0.2) is 97.8 Å². The lowest BCUT2D eigenvalue weighted by molar-refractivity contribution is -0.0101. The number of likely N-dealkylation sites (N-methyl/N-ethyl adjacent to an activating group) is 1. The van der Waals surface area contributed by atoms with E-state index in [2.05, 4.69) is 15.4 Å². The van der Waals surface area contributed by atoms with E-state index in [-0.39, 0.29) is 30.5 Å². The van der Waals surface area contributed by atoms with Gasteiger partial charge in [0, 0.05) is 39.1 Å². The number of piperidine rings is 1. The molecule has 11 nitrogen and oxygen atoms in total. The molecule has 1 aromatic carbocycles. The van der Waals surface area contributed by atoms with Crippen LogP contribution in [0.2, 0.25) is 0 Å². The van der Waals surface area contributed by atoms with E-state index >= 15 is 0 Å². The zero-order valence-electron chi connectivity index (χ0n) is 26.5. The number of alkyl carbamates (subject to hydrolysis) is 1. The molecule has 3 rings (SSSR count). The molecule has 1 aliphatic carbocycles. The number of ether oxygens (including phenoxy) is 3. The van der Waals surface area contributed by atoms with Gasteiger partial charge in [-0.2, -0.15) is 0 Å². The molecular formula is C32H52N4O7. The largest absolute Gasteiger partial charge is 0.453 e. The van der Waals surface area contributed by atoms with Gasteiger partial charge in [0.15, 0.2) is 0 Å². The average molecular weight is 605 g/mol. The summed E-state index contributed by atoms with van der Waals surface area (Å²) in [5.74, 6) is 0.0980. The van der Waals surface area contributed by atoms with Crippen molar-refractivity contribution in [2.24, 2.45) is 11.8 Å². The molecule has 2 unspecified atom stereocenters. The predicted octanol–water partition coefficient (Wildman–Crippen LogP) is 4.70. The highest BCUT2D eigenvalue weighted by Crippen LogP contribution is 2.33. The van der Waals surface area contributed by atoms with Gasteiger partial charge in [-0.15, -0.1) is 0 Å². The maximum Gasteiger partial charge on any atom is 0.410 e. The third-order valence-electron chi connectivity index (χ3n) is 8.19. The third kappa shape index (κ3) is 11.2. The first kappa shape index (κ1) is 34.4. The topological polar surface area (TPSA) is 130 Å². The Kier molecular flexibility index (Phi) is 13.4. The third-order valence-corrected chi connectivity index (χ3v) is 8.19. The maximum absolute atomic E-state index is 13.7. The summed E-state index contributed by atoms with van der Waals surface area (Å²) in [4.78, 5) is 41.1. The summed E-state index contributed by atoms with van der Waals surface area (Å²) in [6, 6.07) is 9.00. The molecular weight excluding hydrogens is 552 g/mol. The molecule has 1 saturated heterocycles. The first-order chi connectivity index (χ1) is 20.5. The lowest BCUT2D eigenvalue weighted by atomic mass is 9.82. The van der Waals surface area contributed by atoms with Crippen molar-refractivity contribution in [1.82, 2.24) is 20.4 Å².